The number of fused-ring (bicyclic) bond motifs is 1. The van der Waals surface area contributed by atoms with Gasteiger partial charge in [-0.05, 0) is 37.5 Å². The van der Waals surface area contributed by atoms with E-state index in [4.69, 9.17) is 11.6 Å². The molecule has 0 fully saturated rings. The largest absolute Gasteiger partial charge is 0.311 e. The first-order chi connectivity index (χ1) is 10.1. The number of benzene rings is 1. The fraction of sp³-hybridized carbons (Fsp3) is 0.353. The molecule has 3 nitrogen and oxygen atoms in total. The number of rotatable bonds is 4. The Morgan fingerprint density at radius 3 is 2.76 bits per heavy atom. The van der Waals surface area contributed by atoms with E-state index < -0.39 is 0 Å². The molecule has 0 unspecified atom stereocenters. The minimum Gasteiger partial charge on any atom is -0.311 e. The lowest BCUT2D eigenvalue weighted by Crippen LogP contribution is -1.96. The quantitative estimate of drug-likeness (QED) is 0.686. The Bertz CT molecular complexity index is 783. The van der Waals surface area contributed by atoms with Crippen molar-refractivity contribution in [3.8, 4) is 5.69 Å². The predicted octanol–water partition coefficient (Wildman–Crippen LogP) is 4.67. The van der Waals surface area contributed by atoms with Gasteiger partial charge >= 0.3 is 0 Å². The first-order valence-electron chi connectivity index (χ1n) is 7.40. The molecular weight excluding hydrogens is 282 g/mol. The average Bonchev–Trinajstić information content (AvgIpc) is 2.97. The van der Waals surface area contributed by atoms with Crippen LogP contribution < -0.4 is 0 Å². The molecule has 0 amide bonds. The summed E-state index contributed by atoms with van der Waals surface area (Å²) in [6.07, 6.45) is 7.45. The van der Waals surface area contributed by atoms with E-state index in [2.05, 4.69) is 29.6 Å². The van der Waals surface area contributed by atoms with Crippen LogP contribution in [0.5, 0.6) is 0 Å². The first-order valence-corrected chi connectivity index (χ1v) is 7.78. The standard InChI is InChI=1S/C17H20ClN3/c1-4-5-6-15-12(2)21(14-10-19-20(3)11-14)17-9-13(18)7-8-16(15)17/h7-11H,4-6H2,1-3H3. The van der Waals surface area contributed by atoms with E-state index in [1.165, 1.54) is 35.0 Å². The molecule has 3 rings (SSSR count). The van der Waals surface area contributed by atoms with Crippen LogP contribution in [0.15, 0.2) is 30.6 Å². The lowest BCUT2D eigenvalue weighted by molar-refractivity contribution is 0.767. The summed E-state index contributed by atoms with van der Waals surface area (Å²) in [5.41, 5.74) is 4.96. The van der Waals surface area contributed by atoms with Crippen LogP contribution >= 0.6 is 11.6 Å². The van der Waals surface area contributed by atoms with Crippen molar-refractivity contribution < 1.29 is 0 Å². The molecule has 0 radical (unpaired) electrons. The normalized spacial score (nSPS) is 11.4. The Morgan fingerprint density at radius 2 is 2.10 bits per heavy atom. The van der Waals surface area contributed by atoms with Crippen LogP contribution in [0.4, 0.5) is 0 Å². The van der Waals surface area contributed by atoms with E-state index in [1.807, 2.05) is 36.3 Å². The molecule has 0 saturated carbocycles. The molecule has 3 aromatic rings. The second-order valence-corrected chi connectivity index (χ2v) is 5.97. The monoisotopic (exact) mass is 301 g/mol. The first kappa shape index (κ1) is 14.2. The Morgan fingerprint density at radius 1 is 1.29 bits per heavy atom. The Labute approximate surface area is 130 Å². The highest BCUT2D eigenvalue weighted by Crippen LogP contribution is 2.32. The zero-order valence-electron chi connectivity index (χ0n) is 12.7. The van der Waals surface area contributed by atoms with Gasteiger partial charge in [-0.15, -0.1) is 0 Å². The fourth-order valence-corrected chi connectivity index (χ4v) is 3.15. The van der Waals surface area contributed by atoms with Gasteiger partial charge < -0.3 is 4.57 Å². The third-order valence-electron chi connectivity index (χ3n) is 4.03. The number of nitrogens with zero attached hydrogens (tertiary/aromatic N) is 3. The van der Waals surface area contributed by atoms with E-state index in [1.54, 1.807) is 0 Å². The maximum absolute atomic E-state index is 6.22. The molecule has 0 saturated heterocycles. The molecule has 0 bridgehead atoms. The van der Waals surface area contributed by atoms with Gasteiger partial charge in [0.15, 0.2) is 0 Å². The van der Waals surface area contributed by atoms with E-state index in [0.29, 0.717) is 0 Å². The van der Waals surface area contributed by atoms with Crippen LogP contribution in [0, 0.1) is 6.92 Å². The summed E-state index contributed by atoms with van der Waals surface area (Å²) in [5.74, 6) is 0. The summed E-state index contributed by atoms with van der Waals surface area (Å²) < 4.78 is 4.09. The molecule has 1 aromatic carbocycles. The molecule has 0 aliphatic heterocycles. The molecule has 0 aliphatic rings. The molecule has 0 atom stereocenters. The second-order valence-electron chi connectivity index (χ2n) is 5.54. The number of halogens is 1. The van der Waals surface area contributed by atoms with Crippen LogP contribution in [-0.4, -0.2) is 14.3 Å². The topological polar surface area (TPSA) is 22.8 Å². The van der Waals surface area contributed by atoms with Crippen LogP contribution in [-0.2, 0) is 13.5 Å². The van der Waals surface area contributed by atoms with Crippen molar-refractivity contribution in [3.05, 3.63) is 46.9 Å². The lowest BCUT2D eigenvalue weighted by Gasteiger charge is -2.05. The van der Waals surface area contributed by atoms with Gasteiger partial charge in [0, 0.05) is 29.3 Å². The van der Waals surface area contributed by atoms with Crippen molar-refractivity contribution in [1.82, 2.24) is 14.3 Å². The highest BCUT2D eigenvalue weighted by atomic mass is 35.5. The van der Waals surface area contributed by atoms with Gasteiger partial charge in [0.25, 0.3) is 0 Å². The van der Waals surface area contributed by atoms with Crippen LogP contribution in [0.3, 0.4) is 0 Å². The third kappa shape index (κ3) is 2.46. The minimum absolute atomic E-state index is 0.771. The molecular formula is C17H20ClN3. The smallest absolute Gasteiger partial charge is 0.0840 e. The van der Waals surface area contributed by atoms with Crippen molar-refractivity contribution in [2.75, 3.05) is 0 Å². The number of aromatic nitrogens is 3. The van der Waals surface area contributed by atoms with Gasteiger partial charge in [0.05, 0.1) is 17.4 Å². The minimum atomic E-state index is 0.771. The third-order valence-corrected chi connectivity index (χ3v) is 4.26. The molecule has 0 aliphatic carbocycles. The SMILES string of the molecule is CCCCc1c(C)n(-c2cnn(C)c2)c2cc(Cl)ccc12. The van der Waals surface area contributed by atoms with E-state index in [-0.39, 0.29) is 0 Å². The van der Waals surface area contributed by atoms with E-state index in [0.717, 1.165) is 17.1 Å². The number of hydrogen-bond acceptors (Lipinski definition) is 1. The summed E-state index contributed by atoms with van der Waals surface area (Å²) in [4.78, 5) is 0. The van der Waals surface area contributed by atoms with Crippen LogP contribution in [0.1, 0.15) is 31.0 Å². The zero-order chi connectivity index (χ0) is 15.0. The number of unbranched alkanes of at least 4 members (excludes halogenated alkanes) is 1. The molecule has 0 N–H and O–H groups in total. The summed E-state index contributed by atoms with van der Waals surface area (Å²) in [7, 11) is 1.94. The van der Waals surface area contributed by atoms with Gasteiger partial charge in [-0.25, -0.2) is 0 Å². The van der Waals surface area contributed by atoms with Crippen molar-refractivity contribution in [1.29, 1.82) is 0 Å². The highest BCUT2D eigenvalue weighted by Gasteiger charge is 2.16. The summed E-state index contributed by atoms with van der Waals surface area (Å²) in [6, 6.07) is 6.17. The Balaban J connectivity index is 2.27. The van der Waals surface area contributed by atoms with Gasteiger partial charge in [-0.1, -0.05) is 31.0 Å². The summed E-state index contributed by atoms with van der Waals surface area (Å²) >= 11 is 6.22. The molecule has 2 aromatic heterocycles. The average molecular weight is 302 g/mol. The Hall–Kier alpha value is -1.74. The molecule has 2 heterocycles. The molecule has 110 valence electrons. The van der Waals surface area contributed by atoms with Gasteiger partial charge in [0.2, 0.25) is 0 Å². The predicted molar refractivity (Wildman–Crippen MR) is 88.4 cm³/mol. The van der Waals surface area contributed by atoms with Crippen molar-refractivity contribution in [3.63, 3.8) is 0 Å². The lowest BCUT2D eigenvalue weighted by atomic mass is 10.1. The Kier molecular flexibility index (Phi) is 3.77. The van der Waals surface area contributed by atoms with E-state index >= 15 is 0 Å². The maximum atomic E-state index is 6.22. The molecule has 4 heteroatoms. The summed E-state index contributed by atoms with van der Waals surface area (Å²) in [6.45, 7) is 4.42. The summed E-state index contributed by atoms with van der Waals surface area (Å²) in [5, 5.41) is 6.37. The van der Waals surface area contributed by atoms with Gasteiger partial charge in [0.1, 0.15) is 0 Å². The molecule has 0 spiro atoms. The van der Waals surface area contributed by atoms with Crippen molar-refractivity contribution >= 4 is 22.5 Å². The highest BCUT2D eigenvalue weighted by molar-refractivity contribution is 6.31. The van der Waals surface area contributed by atoms with Crippen molar-refractivity contribution in [2.45, 2.75) is 33.1 Å². The van der Waals surface area contributed by atoms with Crippen molar-refractivity contribution in [2.24, 2.45) is 7.05 Å². The van der Waals surface area contributed by atoms with Gasteiger partial charge in [-0.2, -0.15) is 5.10 Å². The van der Waals surface area contributed by atoms with Crippen LogP contribution in [0.2, 0.25) is 5.02 Å². The van der Waals surface area contributed by atoms with E-state index in [9.17, 15) is 0 Å². The zero-order valence-corrected chi connectivity index (χ0v) is 13.5. The number of hydrogen-bond donors (Lipinski definition) is 0. The van der Waals surface area contributed by atoms with Gasteiger partial charge in [-0.3, -0.25) is 4.68 Å². The van der Waals surface area contributed by atoms with Crippen LogP contribution in [0.25, 0.3) is 16.6 Å². The maximum Gasteiger partial charge on any atom is 0.0840 e. The molecule has 21 heavy (non-hydrogen) atoms. The number of aryl methyl sites for hydroxylation is 2. The second kappa shape index (κ2) is 5.57. The fourth-order valence-electron chi connectivity index (χ4n) is 2.98.